The third kappa shape index (κ3) is 2.54. The van der Waals surface area contributed by atoms with Crippen LogP contribution in [0.4, 0.5) is 4.39 Å². The lowest BCUT2D eigenvalue weighted by Crippen LogP contribution is -2.18. The first-order valence-corrected chi connectivity index (χ1v) is 5.77. The van der Waals surface area contributed by atoms with Crippen molar-refractivity contribution in [2.24, 2.45) is 0 Å². The normalized spacial score (nSPS) is 12.4. The average Bonchev–Trinajstić information content (AvgIpc) is 2.91. The lowest BCUT2D eigenvalue weighted by molar-refractivity contribution is 0.383. The average molecular weight is 249 g/mol. The van der Waals surface area contributed by atoms with Crippen molar-refractivity contribution in [3.05, 3.63) is 53.7 Å². The first-order chi connectivity index (χ1) is 8.76. The van der Waals surface area contributed by atoms with Crippen LogP contribution < -0.4 is 10.1 Å². The lowest BCUT2D eigenvalue weighted by Gasteiger charge is -2.15. The van der Waals surface area contributed by atoms with Crippen molar-refractivity contribution < 1.29 is 13.5 Å². The summed E-state index contributed by atoms with van der Waals surface area (Å²) in [4.78, 5) is 0. The van der Waals surface area contributed by atoms with Gasteiger partial charge in [-0.1, -0.05) is 12.1 Å². The maximum Gasteiger partial charge on any atom is 0.168 e. The van der Waals surface area contributed by atoms with E-state index in [4.69, 9.17) is 9.15 Å². The molecule has 96 valence electrons. The van der Waals surface area contributed by atoms with E-state index in [-0.39, 0.29) is 17.6 Å². The van der Waals surface area contributed by atoms with E-state index in [0.717, 1.165) is 5.56 Å². The van der Waals surface area contributed by atoms with Crippen molar-refractivity contribution in [3.8, 4) is 5.75 Å². The quantitative estimate of drug-likeness (QED) is 0.884. The summed E-state index contributed by atoms with van der Waals surface area (Å²) in [6, 6.07) is 7.07. The number of methoxy groups -OCH3 is 1. The summed E-state index contributed by atoms with van der Waals surface area (Å²) < 4.78 is 24.1. The van der Waals surface area contributed by atoms with Crippen LogP contribution in [0, 0.1) is 5.82 Å². The minimum atomic E-state index is -0.302. The van der Waals surface area contributed by atoms with Crippen molar-refractivity contribution >= 4 is 0 Å². The van der Waals surface area contributed by atoms with Crippen LogP contribution in [0.15, 0.2) is 41.2 Å². The molecule has 3 nitrogen and oxygen atoms in total. The first-order valence-electron chi connectivity index (χ1n) is 5.77. The minimum absolute atomic E-state index is 0.0188. The Morgan fingerprint density at radius 2 is 2.22 bits per heavy atom. The van der Waals surface area contributed by atoms with Gasteiger partial charge in [0.15, 0.2) is 11.6 Å². The molecule has 0 fully saturated rings. The fourth-order valence-corrected chi connectivity index (χ4v) is 1.95. The van der Waals surface area contributed by atoms with E-state index in [0.29, 0.717) is 12.0 Å². The Bertz CT molecular complexity index is 497. The van der Waals surface area contributed by atoms with Crippen molar-refractivity contribution in [2.75, 3.05) is 14.2 Å². The van der Waals surface area contributed by atoms with Gasteiger partial charge in [-0.3, -0.25) is 0 Å². The van der Waals surface area contributed by atoms with Gasteiger partial charge in [0.1, 0.15) is 0 Å². The van der Waals surface area contributed by atoms with Crippen LogP contribution >= 0.6 is 0 Å². The van der Waals surface area contributed by atoms with Gasteiger partial charge in [0.25, 0.3) is 0 Å². The van der Waals surface area contributed by atoms with Gasteiger partial charge in [-0.25, -0.2) is 4.39 Å². The fourth-order valence-electron chi connectivity index (χ4n) is 1.95. The number of ether oxygens (including phenoxy) is 1. The second kappa shape index (κ2) is 5.69. The molecule has 1 unspecified atom stereocenters. The number of hydrogen-bond donors (Lipinski definition) is 1. The van der Waals surface area contributed by atoms with Gasteiger partial charge in [-0.15, -0.1) is 0 Å². The zero-order valence-corrected chi connectivity index (χ0v) is 10.4. The number of halogens is 1. The van der Waals surface area contributed by atoms with Crippen molar-refractivity contribution in [3.63, 3.8) is 0 Å². The third-order valence-electron chi connectivity index (χ3n) is 2.98. The highest BCUT2D eigenvalue weighted by atomic mass is 19.1. The molecule has 2 aromatic rings. The van der Waals surface area contributed by atoms with Gasteiger partial charge in [0, 0.05) is 11.6 Å². The maximum absolute atomic E-state index is 14.0. The van der Waals surface area contributed by atoms with Crippen LogP contribution in [0.3, 0.4) is 0 Å². The molecule has 0 amide bonds. The Labute approximate surface area is 106 Å². The number of furan rings is 1. The van der Waals surface area contributed by atoms with E-state index in [1.165, 1.54) is 7.11 Å². The predicted octanol–water partition coefficient (Wildman–Crippen LogP) is 2.93. The lowest BCUT2D eigenvalue weighted by atomic mass is 10.0. The second-order valence-electron chi connectivity index (χ2n) is 4.04. The number of likely N-dealkylation sites (N-methyl/N-ethyl adjacent to an activating group) is 1. The molecular weight excluding hydrogens is 233 g/mol. The molecule has 1 N–H and O–H groups in total. The van der Waals surface area contributed by atoms with E-state index < -0.39 is 0 Å². The van der Waals surface area contributed by atoms with E-state index in [2.05, 4.69) is 5.32 Å². The molecule has 1 aromatic heterocycles. The molecule has 0 aliphatic carbocycles. The molecule has 1 aromatic carbocycles. The number of rotatable bonds is 5. The van der Waals surface area contributed by atoms with Crippen LogP contribution in [0.25, 0.3) is 0 Å². The minimum Gasteiger partial charge on any atom is -0.494 e. The van der Waals surface area contributed by atoms with Crippen LogP contribution in [0.2, 0.25) is 0 Å². The molecule has 1 atom stereocenters. The Hall–Kier alpha value is -1.81. The van der Waals surface area contributed by atoms with Gasteiger partial charge in [0.05, 0.1) is 19.6 Å². The molecule has 0 radical (unpaired) electrons. The van der Waals surface area contributed by atoms with Crippen LogP contribution in [-0.2, 0) is 6.42 Å². The summed E-state index contributed by atoms with van der Waals surface area (Å²) in [5.74, 6) is -0.0294. The highest BCUT2D eigenvalue weighted by Crippen LogP contribution is 2.25. The molecule has 4 heteroatoms. The Morgan fingerprint density at radius 3 is 2.83 bits per heavy atom. The number of benzene rings is 1. The molecule has 0 aliphatic rings. The molecule has 1 heterocycles. The van der Waals surface area contributed by atoms with Gasteiger partial charge in [-0.2, -0.15) is 0 Å². The van der Waals surface area contributed by atoms with E-state index >= 15 is 0 Å². The zero-order chi connectivity index (χ0) is 13.0. The van der Waals surface area contributed by atoms with Crippen molar-refractivity contribution in [1.82, 2.24) is 5.32 Å². The molecule has 0 aliphatic heterocycles. The highest BCUT2D eigenvalue weighted by Gasteiger charge is 2.15. The van der Waals surface area contributed by atoms with Crippen LogP contribution in [0.5, 0.6) is 5.75 Å². The molecule has 0 bridgehead atoms. The van der Waals surface area contributed by atoms with Gasteiger partial charge >= 0.3 is 0 Å². The summed E-state index contributed by atoms with van der Waals surface area (Å²) in [5, 5.41) is 3.15. The van der Waals surface area contributed by atoms with Gasteiger partial charge < -0.3 is 14.5 Å². The van der Waals surface area contributed by atoms with E-state index in [1.54, 1.807) is 30.7 Å². The standard InChI is InChI=1S/C14H16FNO2/c1-16-12(11-6-7-18-9-11)8-10-4-3-5-13(17-2)14(10)15/h3-7,9,12,16H,8H2,1-2H3. The van der Waals surface area contributed by atoms with Crippen molar-refractivity contribution in [1.29, 1.82) is 0 Å². The second-order valence-corrected chi connectivity index (χ2v) is 4.04. The summed E-state index contributed by atoms with van der Waals surface area (Å²) >= 11 is 0. The van der Waals surface area contributed by atoms with E-state index in [1.807, 2.05) is 13.1 Å². The molecule has 0 spiro atoms. The topological polar surface area (TPSA) is 34.4 Å². The van der Waals surface area contributed by atoms with Crippen LogP contribution in [0.1, 0.15) is 17.2 Å². The van der Waals surface area contributed by atoms with Gasteiger partial charge in [0.2, 0.25) is 0 Å². The molecule has 0 saturated heterocycles. The summed E-state index contributed by atoms with van der Waals surface area (Å²) in [6.45, 7) is 0. The molecule has 2 rings (SSSR count). The maximum atomic E-state index is 14.0. The molecule has 18 heavy (non-hydrogen) atoms. The summed E-state index contributed by atoms with van der Waals surface area (Å²) in [5.41, 5.74) is 1.62. The van der Waals surface area contributed by atoms with Gasteiger partial charge in [-0.05, 0) is 31.2 Å². The highest BCUT2D eigenvalue weighted by molar-refractivity contribution is 5.32. The van der Waals surface area contributed by atoms with Crippen LogP contribution in [-0.4, -0.2) is 14.2 Å². The smallest absolute Gasteiger partial charge is 0.168 e. The number of nitrogens with one attached hydrogen (secondary N) is 1. The Balaban J connectivity index is 2.22. The molecule has 0 saturated carbocycles. The predicted molar refractivity (Wildman–Crippen MR) is 67.2 cm³/mol. The first kappa shape index (κ1) is 12.6. The van der Waals surface area contributed by atoms with E-state index in [9.17, 15) is 4.39 Å². The largest absolute Gasteiger partial charge is 0.494 e. The molecular formula is C14H16FNO2. The zero-order valence-electron chi connectivity index (χ0n) is 10.4. The third-order valence-corrected chi connectivity index (χ3v) is 2.98. The fraction of sp³-hybridized carbons (Fsp3) is 0.286. The summed E-state index contributed by atoms with van der Waals surface area (Å²) in [7, 11) is 3.31. The number of hydrogen-bond acceptors (Lipinski definition) is 3. The Morgan fingerprint density at radius 1 is 1.39 bits per heavy atom. The summed E-state index contributed by atoms with van der Waals surface area (Å²) in [6.07, 6.45) is 3.82. The van der Waals surface area contributed by atoms with Crippen molar-refractivity contribution in [2.45, 2.75) is 12.5 Å². The monoisotopic (exact) mass is 249 g/mol. The SMILES string of the molecule is CNC(Cc1cccc(OC)c1F)c1ccoc1. The Kier molecular flexibility index (Phi) is 3.99.